The monoisotopic (exact) mass is 359 g/mol. The van der Waals surface area contributed by atoms with Gasteiger partial charge < -0.3 is 5.32 Å². The molecule has 0 atom stereocenters. The molecule has 7 heteroatoms. The molecule has 0 radical (unpaired) electrons. The minimum Gasteiger partial charge on any atom is -0.326 e. The van der Waals surface area contributed by atoms with Crippen LogP contribution in [0.15, 0.2) is 41.1 Å². The molecule has 2 aromatic heterocycles. The maximum absolute atomic E-state index is 12.1. The van der Waals surface area contributed by atoms with E-state index in [1.165, 1.54) is 11.3 Å². The number of carbonyl (C=O) groups excluding carboxylic acids is 1. The van der Waals surface area contributed by atoms with Crippen LogP contribution in [0.2, 0.25) is 5.02 Å². The van der Waals surface area contributed by atoms with Gasteiger partial charge in [-0.1, -0.05) is 17.7 Å². The molecule has 0 saturated heterocycles. The van der Waals surface area contributed by atoms with Crippen molar-refractivity contribution in [1.82, 2.24) is 4.98 Å². The van der Waals surface area contributed by atoms with E-state index in [4.69, 9.17) is 16.9 Å². The summed E-state index contributed by atoms with van der Waals surface area (Å²) >= 11 is 9.10. The van der Waals surface area contributed by atoms with Crippen molar-refractivity contribution in [2.24, 2.45) is 0 Å². The lowest BCUT2D eigenvalue weighted by Crippen LogP contribution is -2.14. The van der Waals surface area contributed by atoms with Crippen LogP contribution in [0.5, 0.6) is 0 Å². The quantitative estimate of drug-likeness (QED) is 0.741. The molecule has 1 N–H and O–H groups in total. The minimum atomic E-state index is -0.172. The first-order chi connectivity index (χ1) is 11.2. The fourth-order valence-electron chi connectivity index (χ4n) is 1.95. The van der Waals surface area contributed by atoms with Gasteiger partial charge in [-0.3, -0.25) is 4.79 Å². The van der Waals surface area contributed by atoms with Crippen molar-refractivity contribution in [3.63, 3.8) is 0 Å². The number of thiazole rings is 1. The van der Waals surface area contributed by atoms with Crippen molar-refractivity contribution in [2.75, 3.05) is 5.32 Å². The van der Waals surface area contributed by atoms with Crippen LogP contribution in [0.25, 0.3) is 9.88 Å². The van der Waals surface area contributed by atoms with Crippen LogP contribution in [0.4, 0.5) is 5.69 Å². The second-order valence-electron chi connectivity index (χ2n) is 4.65. The van der Waals surface area contributed by atoms with Crippen molar-refractivity contribution in [3.05, 3.63) is 57.4 Å². The Labute approximate surface area is 146 Å². The van der Waals surface area contributed by atoms with Gasteiger partial charge in [0, 0.05) is 11.1 Å². The molecule has 1 aromatic carbocycles. The van der Waals surface area contributed by atoms with Crippen molar-refractivity contribution < 1.29 is 4.79 Å². The Morgan fingerprint density at radius 2 is 2.22 bits per heavy atom. The number of aromatic nitrogens is 1. The lowest BCUT2D eigenvalue weighted by atomic mass is 10.2. The highest BCUT2D eigenvalue weighted by atomic mass is 35.5. The number of nitrogens with one attached hydrogen (secondary N) is 1. The molecule has 0 fully saturated rings. The Morgan fingerprint density at radius 1 is 1.35 bits per heavy atom. The van der Waals surface area contributed by atoms with Gasteiger partial charge in [0.1, 0.15) is 11.1 Å². The summed E-state index contributed by atoms with van der Waals surface area (Å²) in [5, 5.41) is 16.7. The van der Waals surface area contributed by atoms with Crippen LogP contribution in [-0.4, -0.2) is 10.9 Å². The number of anilines is 1. The van der Waals surface area contributed by atoms with E-state index < -0.39 is 0 Å². The second kappa shape index (κ2) is 6.92. The lowest BCUT2D eigenvalue weighted by Gasteiger charge is -2.05. The van der Waals surface area contributed by atoms with E-state index >= 15 is 0 Å². The summed E-state index contributed by atoms with van der Waals surface area (Å²) < 4.78 is 0. The van der Waals surface area contributed by atoms with Gasteiger partial charge in [-0.05, 0) is 29.6 Å². The molecule has 3 rings (SSSR count). The Balaban J connectivity index is 1.66. The first-order valence-electron chi connectivity index (χ1n) is 6.63. The number of nitriles is 1. The topological polar surface area (TPSA) is 65.8 Å². The summed E-state index contributed by atoms with van der Waals surface area (Å²) in [5.74, 6) is -0.172. The number of hydrogen-bond acceptors (Lipinski definition) is 5. The van der Waals surface area contributed by atoms with E-state index in [0.29, 0.717) is 16.3 Å². The number of halogens is 1. The van der Waals surface area contributed by atoms with Crippen LogP contribution in [0.1, 0.15) is 11.3 Å². The standard InChI is InChI=1S/C16H10ClN3OS2/c17-13-6-11(4-3-10(13)8-18)19-15(21)7-12-9-23-16(20-12)14-2-1-5-22-14/h1-6,9H,7H2,(H,19,21). The van der Waals surface area contributed by atoms with Crippen LogP contribution < -0.4 is 5.32 Å². The molecule has 23 heavy (non-hydrogen) atoms. The maximum atomic E-state index is 12.1. The number of rotatable bonds is 4. The summed E-state index contributed by atoms with van der Waals surface area (Å²) in [4.78, 5) is 17.7. The molecule has 0 spiro atoms. The lowest BCUT2D eigenvalue weighted by molar-refractivity contribution is -0.115. The minimum absolute atomic E-state index is 0.172. The molecule has 2 heterocycles. The number of carbonyl (C=O) groups is 1. The van der Waals surface area contributed by atoms with Crippen molar-refractivity contribution >= 4 is 45.9 Å². The van der Waals surface area contributed by atoms with Crippen molar-refractivity contribution in [2.45, 2.75) is 6.42 Å². The smallest absolute Gasteiger partial charge is 0.230 e. The Hall–Kier alpha value is -2.20. The second-order valence-corrected chi connectivity index (χ2v) is 6.87. The first kappa shape index (κ1) is 15.7. The summed E-state index contributed by atoms with van der Waals surface area (Å²) in [6.45, 7) is 0. The number of hydrogen-bond donors (Lipinski definition) is 1. The van der Waals surface area contributed by atoms with E-state index in [0.717, 1.165) is 15.6 Å². The number of amides is 1. The third-order valence-electron chi connectivity index (χ3n) is 3.00. The van der Waals surface area contributed by atoms with E-state index in [9.17, 15) is 4.79 Å². The van der Waals surface area contributed by atoms with Gasteiger partial charge in [0.25, 0.3) is 0 Å². The summed E-state index contributed by atoms with van der Waals surface area (Å²) in [6, 6.07) is 10.8. The van der Waals surface area contributed by atoms with Gasteiger partial charge in [0.15, 0.2) is 0 Å². The van der Waals surface area contributed by atoms with Crippen LogP contribution in [-0.2, 0) is 11.2 Å². The van der Waals surface area contributed by atoms with Gasteiger partial charge in [-0.25, -0.2) is 4.98 Å². The maximum Gasteiger partial charge on any atom is 0.230 e. The molecule has 0 aliphatic carbocycles. The zero-order valence-electron chi connectivity index (χ0n) is 11.7. The van der Waals surface area contributed by atoms with E-state index in [2.05, 4.69) is 10.3 Å². The van der Waals surface area contributed by atoms with Gasteiger partial charge in [-0.2, -0.15) is 5.26 Å². The highest BCUT2D eigenvalue weighted by Crippen LogP contribution is 2.28. The number of nitrogens with zero attached hydrogens (tertiary/aromatic N) is 2. The molecular formula is C16H10ClN3OS2. The molecule has 114 valence electrons. The normalized spacial score (nSPS) is 10.3. The average Bonchev–Trinajstić information content (AvgIpc) is 3.18. The molecule has 0 bridgehead atoms. The highest BCUT2D eigenvalue weighted by molar-refractivity contribution is 7.20. The van der Waals surface area contributed by atoms with Gasteiger partial charge in [-0.15, -0.1) is 22.7 Å². The van der Waals surface area contributed by atoms with Gasteiger partial charge in [0.2, 0.25) is 5.91 Å². The number of benzene rings is 1. The molecule has 0 saturated carbocycles. The van der Waals surface area contributed by atoms with Crippen molar-refractivity contribution in [3.8, 4) is 16.0 Å². The zero-order chi connectivity index (χ0) is 16.2. The van der Waals surface area contributed by atoms with Gasteiger partial charge in [0.05, 0.1) is 27.6 Å². The Kier molecular flexibility index (Phi) is 4.72. The third-order valence-corrected chi connectivity index (χ3v) is 5.24. The summed E-state index contributed by atoms with van der Waals surface area (Å²) in [5.41, 5.74) is 1.67. The van der Waals surface area contributed by atoms with Crippen LogP contribution in [0, 0.1) is 11.3 Å². The van der Waals surface area contributed by atoms with Crippen LogP contribution >= 0.6 is 34.3 Å². The predicted octanol–water partition coefficient (Wildman–Crippen LogP) is 4.58. The Morgan fingerprint density at radius 3 is 2.91 bits per heavy atom. The Bertz CT molecular complexity index is 881. The van der Waals surface area contributed by atoms with Crippen molar-refractivity contribution in [1.29, 1.82) is 5.26 Å². The highest BCUT2D eigenvalue weighted by Gasteiger charge is 2.10. The SMILES string of the molecule is N#Cc1ccc(NC(=O)Cc2csc(-c3cccs3)n2)cc1Cl. The molecule has 1 amide bonds. The van der Waals surface area contributed by atoms with E-state index in [1.54, 1.807) is 29.5 Å². The van der Waals surface area contributed by atoms with E-state index in [1.807, 2.05) is 29.0 Å². The van der Waals surface area contributed by atoms with Gasteiger partial charge >= 0.3 is 0 Å². The zero-order valence-corrected chi connectivity index (χ0v) is 14.1. The van der Waals surface area contributed by atoms with Crippen LogP contribution in [0.3, 0.4) is 0 Å². The molecule has 0 unspecified atom stereocenters. The molecule has 0 aliphatic heterocycles. The molecule has 3 aromatic rings. The number of thiophene rings is 1. The average molecular weight is 360 g/mol. The molecule has 4 nitrogen and oxygen atoms in total. The predicted molar refractivity (Wildman–Crippen MR) is 93.9 cm³/mol. The molecule has 0 aliphatic rings. The largest absolute Gasteiger partial charge is 0.326 e. The first-order valence-corrected chi connectivity index (χ1v) is 8.77. The third kappa shape index (κ3) is 3.77. The van der Waals surface area contributed by atoms with E-state index in [-0.39, 0.29) is 12.3 Å². The summed E-state index contributed by atoms with van der Waals surface area (Å²) in [7, 11) is 0. The fraction of sp³-hybridized carbons (Fsp3) is 0.0625. The molecular weight excluding hydrogens is 350 g/mol. The fourth-order valence-corrected chi connectivity index (χ4v) is 3.81. The summed E-state index contributed by atoms with van der Waals surface area (Å²) in [6.07, 6.45) is 0.194.